The molecular formula is C16H23NO3. The maximum absolute atomic E-state index is 12.3. The summed E-state index contributed by atoms with van der Waals surface area (Å²) in [6.45, 7) is 2.79. The third-order valence-electron chi connectivity index (χ3n) is 3.76. The highest BCUT2D eigenvalue weighted by Crippen LogP contribution is 2.17. The van der Waals surface area contributed by atoms with Gasteiger partial charge < -0.3 is 14.7 Å². The molecule has 0 saturated carbocycles. The van der Waals surface area contributed by atoms with Crippen LogP contribution in [0.1, 0.15) is 31.2 Å². The molecule has 1 atom stereocenters. The average molecular weight is 277 g/mol. The predicted molar refractivity (Wildman–Crippen MR) is 77.7 cm³/mol. The number of ether oxygens (including phenoxy) is 1. The zero-order valence-electron chi connectivity index (χ0n) is 12.0. The summed E-state index contributed by atoms with van der Waals surface area (Å²) in [5, 5.41) is 9.42. The first kappa shape index (κ1) is 14.9. The first-order chi connectivity index (χ1) is 9.70. The van der Waals surface area contributed by atoms with Crippen molar-refractivity contribution in [1.29, 1.82) is 0 Å². The Balaban J connectivity index is 1.92. The van der Waals surface area contributed by atoms with Gasteiger partial charge in [-0.25, -0.2) is 0 Å². The lowest BCUT2D eigenvalue weighted by Crippen LogP contribution is -2.44. The number of hydrogen-bond acceptors (Lipinski definition) is 3. The van der Waals surface area contributed by atoms with Crippen LogP contribution in [0.3, 0.4) is 0 Å². The number of benzene rings is 1. The lowest BCUT2D eigenvalue weighted by molar-refractivity contribution is -0.136. The quantitative estimate of drug-likeness (QED) is 0.917. The van der Waals surface area contributed by atoms with Crippen LogP contribution in [0.25, 0.3) is 0 Å². The summed E-state index contributed by atoms with van der Waals surface area (Å²) < 4.78 is 5.56. The maximum Gasteiger partial charge on any atom is 0.260 e. The number of aliphatic hydroxyl groups is 1. The summed E-state index contributed by atoms with van der Waals surface area (Å²) in [6.07, 6.45) is 4.09. The average Bonchev–Trinajstić information content (AvgIpc) is 2.70. The van der Waals surface area contributed by atoms with Gasteiger partial charge in [0, 0.05) is 6.54 Å². The number of carbonyl (C=O) groups is 1. The van der Waals surface area contributed by atoms with E-state index in [1.54, 1.807) is 4.90 Å². The van der Waals surface area contributed by atoms with Gasteiger partial charge in [-0.05, 0) is 37.5 Å². The Bertz CT molecular complexity index is 447. The third kappa shape index (κ3) is 3.97. The van der Waals surface area contributed by atoms with Gasteiger partial charge >= 0.3 is 0 Å². The van der Waals surface area contributed by atoms with E-state index >= 15 is 0 Å². The van der Waals surface area contributed by atoms with Crippen molar-refractivity contribution >= 4 is 5.91 Å². The SMILES string of the molecule is Cc1cccc(OCC(=O)N2CCCCCC2CO)c1. The lowest BCUT2D eigenvalue weighted by Gasteiger charge is -2.28. The van der Waals surface area contributed by atoms with Gasteiger partial charge in [-0.15, -0.1) is 0 Å². The van der Waals surface area contributed by atoms with Gasteiger partial charge in [-0.1, -0.05) is 25.0 Å². The van der Waals surface area contributed by atoms with E-state index in [4.69, 9.17) is 4.74 Å². The molecule has 2 rings (SSSR count). The molecule has 1 N–H and O–H groups in total. The highest BCUT2D eigenvalue weighted by Gasteiger charge is 2.24. The molecule has 4 nitrogen and oxygen atoms in total. The molecule has 1 unspecified atom stereocenters. The molecule has 0 radical (unpaired) electrons. The molecule has 1 amide bonds. The first-order valence-electron chi connectivity index (χ1n) is 7.30. The van der Waals surface area contributed by atoms with Crippen LogP contribution >= 0.6 is 0 Å². The monoisotopic (exact) mass is 277 g/mol. The number of amides is 1. The lowest BCUT2D eigenvalue weighted by atomic mass is 10.1. The Kier molecular flexibility index (Phi) is 5.41. The summed E-state index contributed by atoms with van der Waals surface area (Å²) in [6, 6.07) is 7.63. The normalized spacial score (nSPS) is 19.5. The molecule has 1 fully saturated rings. The van der Waals surface area contributed by atoms with Crippen molar-refractivity contribution < 1.29 is 14.6 Å². The maximum atomic E-state index is 12.3. The van der Waals surface area contributed by atoms with E-state index in [2.05, 4.69) is 0 Å². The third-order valence-corrected chi connectivity index (χ3v) is 3.76. The van der Waals surface area contributed by atoms with Gasteiger partial charge in [-0.3, -0.25) is 4.79 Å². The fraction of sp³-hybridized carbons (Fsp3) is 0.562. The van der Waals surface area contributed by atoms with Crippen LogP contribution in [0.15, 0.2) is 24.3 Å². The second-order valence-electron chi connectivity index (χ2n) is 5.38. The molecule has 110 valence electrons. The second kappa shape index (κ2) is 7.29. The number of hydrogen-bond donors (Lipinski definition) is 1. The summed E-state index contributed by atoms with van der Waals surface area (Å²) in [4.78, 5) is 14.0. The number of aliphatic hydroxyl groups excluding tert-OH is 1. The Morgan fingerprint density at radius 1 is 1.40 bits per heavy atom. The minimum atomic E-state index is -0.0499. The van der Waals surface area contributed by atoms with E-state index in [1.807, 2.05) is 31.2 Å². The van der Waals surface area contributed by atoms with Gasteiger partial charge in [0.05, 0.1) is 12.6 Å². The summed E-state index contributed by atoms with van der Waals surface area (Å²) in [7, 11) is 0. The van der Waals surface area contributed by atoms with E-state index in [1.165, 1.54) is 0 Å². The van der Waals surface area contributed by atoms with E-state index < -0.39 is 0 Å². The highest BCUT2D eigenvalue weighted by atomic mass is 16.5. The van der Waals surface area contributed by atoms with Crippen LogP contribution in [-0.4, -0.2) is 41.7 Å². The summed E-state index contributed by atoms with van der Waals surface area (Å²) in [5.74, 6) is 0.682. The van der Waals surface area contributed by atoms with Gasteiger partial charge in [0.15, 0.2) is 6.61 Å². The summed E-state index contributed by atoms with van der Waals surface area (Å²) in [5.41, 5.74) is 1.11. The predicted octanol–water partition coefficient (Wildman–Crippen LogP) is 2.14. The number of carbonyl (C=O) groups excluding carboxylic acids is 1. The van der Waals surface area contributed by atoms with Crippen molar-refractivity contribution in [3.63, 3.8) is 0 Å². The Morgan fingerprint density at radius 3 is 3.00 bits per heavy atom. The van der Waals surface area contributed by atoms with Crippen LogP contribution in [0.4, 0.5) is 0 Å². The smallest absolute Gasteiger partial charge is 0.260 e. The Labute approximate surface area is 120 Å². The molecule has 1 aliphatic heterocycles. The highest BCUT2D eigenvalue weighted by molar-refractivity contribution is 5.78. The van der Waals surface area contributed by atoms with E-state index in [9.17, 15) is 9.90 Å². The standard InChI is InChI=1S/C16H23NO3/c1-13-6-5-8-15(10-13)20-12-16(19)17-9-4-2-3-7-14(17)11-18/h5-6,8,10,14,18H,2-4,7,9,11-12H2,1H3. The molecule has 20 heavy (non-hydrogen) atoms. The van der Waals surface area contributed by atoms with E-state index in [0.717, 1.165) is 37.8 Å². The van der Waals surface area contributed by atoms with Crippen LogP contribution in [0.2, 0.25) is 0 Å². The second-order valence-corrected chi connectivity index (χ2v) is 5.38. The molecule has 0 bridgehead atoms. The largest absolute Gasteiger partial charge is 0.484 e. The molecular weight excluding hydrogens is 254 g/mol. The minimum absolute atomic E-state index is 0.0348. The number of aryl methyl sites for hydroxylation is 1. The first-order valence-corrected chi connectivity index (χ1v) is 7.30. The fourth-order valence-corrected chi connectivity index (χ4v) is 2.63. The molecule has 4 heteroatoms. The zero-order valence-corrected chi connectivity index (χ0v) is 12.0. The molecule has 1 aromatic carbocycles. The zero-order chi connectivity index (χ0) is 14.4. The van der Waals surface area contributed by atoms with Gasteiger partial charge in [0.25, 0.3) is 5.91 Å². The van der Waals surface area contributed by atoms with Crippen LogP contribution < -0.4 is 4.74 Å². The molecule has 1 aliphatic rings. The molecule has 0 spiro atoms. The molecule has 1 aromatic rings. The van der Waals surface area contributed by atoms with Crippen molar-refractivity contribution in [2.24, 2.45) is 0 Å². The van der Waals surface area contributed by atoms with Gasteiger partial charge in [0.2, 0.25) is 0 Å². The number of nitrogens with zero attached hydrogens (tertiary/aromatic N) is 1. The van der Waals surface area contributed by atoms with E-state index in [-0.39, 0.29) is 25.2 Å². The molecule has 1 saturated heterocycles. The molecule has 0 aliphatic carbocycles. The van der Waals surface area contributed by atoms with Gasteiger partial charge in [0.1, 0.15) is 5.75 Å². The van der Waals surface area contributed by atoms with Crippen molar-refractivity contribution in [2.75, 3.05) is 19.8 Å². The van der Waals surface area contributed by atoms with Crippen molar-refractivity contribution in [3.05, 3.63) is 29.8 Å². The van der Waals surface area contributed by atoms with Gasteiger partial charge in [-0.2, -0.15) is 0 Å². The van der Waals surface area contributed by atoms with E-state index in [0.29, 0.717) is 5.75 Å². The number of likely N-dealkylation sites (tertiary alicyclic amines) is 1. The topological polar surface area (TPSA) is 49.8 Å². The Hall–Kier alpha value is -1.55. The van der Waals surface area contributed by atoms with Crippen molar-refractivity contribution in [1.82, 2.24) is 4.90 Å². The van der Waals surface area contributed by atoms with Crippen molar-refractivity contribution in [3.8, 4) is 5.75 Å². The van der Waals surface area contributed by atoms with Crippen LogP contribution in [0.5, 0.6) is 5.75 Å². The number of rotatable bonds is 4. The Morgan fingerprint density at radius 2 is 2.25 bits per heavy atom. The molecule has 0 aromatic heterocycles. The van der Waals surface area contributed by atoms with Crippen LogP contribution in [0, 0.1) is 6.92 Å². The van der Waals surface area contributed by atoms with Crippen LogP contribution in [-0.2, 0) is 4.79 Å². The van der Waals surface area contributed by atoms with Crippen molar-refractivity contribution in [2.45, 2.75) is 38.6 Å². The minimum Gasteiger partial charge on any atom is -0.484 e. The fourth-order valence-electron chi connectivity index (χ4n) is 2.63. The molecule has 1 heterocycles. The summed E-state index contributed by atoms with van der Waals surface area (Å²) >= 11 is 0.